The first-order valence-electron chi connectivity index (χ1n) is 9.64. The average molecular weight is 379 g/mol. The monoisotopic (exact) mass is 379 g/mol. The summed E-state index contributed by atoms with van der Waals surface area (Å²) in [6, 6.07) is 7.82. The smallest absolute Gasteiger partial charge is 0.321 e. The molecular weight excluding hydrogens is 354 g/mol. The molecule has 8 heteroatoms. The fraction of sp³-hybridized carbons (Fsp3) is 0.400. The van der Waals surface area contributed by atoms with Crippen molar-refractivity contribution in [3.8, 4) is 0 Å². The van der Waals surface area contributed by atoms with Crippen LogP contribution in [-0.2, 0) is 13.0 Å². The number of nitrogens with zero attached hydrogens (tertiary/aromatic N) is 5. The molecule has 8 nitrogen and oxygen atoms in total. The molecule has 1 aromatic carbocycles. The quantitative estimate of drug-likeness (QED) is 0.713. The molecule has 1 atom stereocenters. The first-order chi connectivity index (χ1) is 13.7. The molecule has 2 N–H and O–H groups in total. The fourth-order valence-corrected chi connectivity index (χ4v) is 3.65. The maximum absolute atomic E-state index is 12.7. The second kappa shape index (κ2) is 8.24. The molecule has 3 heterocycles. The van der Waals surface area contributed by atoms with E-state index in [1.165, 1.54) is 0 Å². The molecule has 0 spiro atoms. The summed E-state index contributed by atoms with van der Waals surface area (Å²) in [6.07, 6.45) is 8.43. The number of rotatable bonds is 5. The highest BCUT2D eigenvalue weighted by Crippen LogP contribution is 2.20. The number of likely N-dealkylation sites (tertiary alicyclic amines) is 1. The summed E-state index contributed by atoms with van der Waals surface area (Å²) in [7, 11) is 0. The van der Waals surface area contributed by atoms with Crippen molar-refractivity contribution in [2.45, 2.75) is 32.7 Å². The zero-order chi connectivity index (χ0) is 19.3. The topological polar surface area (TPSA) is 91.7 Å². The molecule has 0 radical (unpaired) electrons. The van der Waals surface area contributed by atoms with E-state index in [4.69, 9.17) is 0 Å². The number of urea groups is 1. The molecule has 0 aliphatic carbocycles. The van der Waals surface area contributed by atoms with Crippen LogP contribution in [-0.4, -0.2) is 48.8 Å². The molecule has 146 valence electrons. The van der Waals surface area contributed by atoms with Gasteiger partial charge in [-0.25, -0.2) is 14.8 Å². The second-order valence-corrected chi connectivity index (χ2v) is 7.35. The van der Waals surface area contributed by atoms with E-state index in [2.05, 4.69) is 30.0 Å². The second-order valence-electron chi connectivity index (χ2n) is 7.35. The van der Waals surface area contributed by atoms with Gasteiger partial charge in [-0.3, -0.25) is 5.10 Å². The number of benzene rings is 1. The number of imidazole rings is 1. The number of anilines is 1. The predicted molar refractivity (Wildman–Crippen MR) is 106 cm³/mol. The number of amides is 2. The van der Waals surface area contributed by atoms with Gasteiger partial charge in [-0.05, 0) is 43.4 Å². The Bertz CT molecular complexity index is 901. The van der Waals surface area contributed by atoms with Gasteiger partial charge in [0.25, 0.3) is 0 Å². The zero-order valence-corrected chi connectivity index (χ0v) is 16.0. The van der Waals surface area contributed by atoms with Gasteiger partial charge in [-0.2, -0.15) is 5.10 Å². The molecule has 1 fully saturated rings. The van der Waals surface area contributed by atoms with Crippen LogP contribution >= 0.6 is 0 Å². The zero-order valence-electron chi connectivity index (χ0n) is 16.0. The van der Waals surface area contributed by atoms with Gasteiger partial charge >= 0.3 is 6.03 Å². The lowest BCUT2D eigenvalue weighted by Gasteiger charge is -2.33. The van der Waals surface area contributed by atoms with E-state index in [9.17, 15) is 4.79 Å². The number of piperidine rings is 1. The van der Waals surface area contributed by atoms with Gasteiger partial charge in [0.1, 0.15) is 5.82 Å². The van der Waals surface area contributed by atoms with Gasteiger partial charge in [0.15, 0.2) is 5.82 Å². The Morgan fingerprint density at radius 3 is 2.89 bits per heavy atom. The first kappa shape index (κ1) is 18.2. The SMILES string of the molecule is Cc1nc(Cc2ccc(NC(=O)N3CCCC(Cn4ccnc4)C3)cc2)n[nH]1. The molecule has 2 amide bonds. The number of aromatic amines is 1. The number of hydrogen-bond acceptors (Lipinski definition) is 4. The van der Waals surface area contributed by atoms with Crippen LogP contribution < -0.4 is 5.32 Å². The molecule has 1 aliphatic rings. The summed E-state index contributed by atoms with van der Waals surface area (Å²) in [6.45, 7) is 4.36. The van der Waals surface area contributed by atoms with Crippen molar-refractivity contribution < 1.29 is 4.79 Å². The van der Waals surface area contributed by atoms with Gasteiger partial charge in [0.05, 0.1) is 6.33 Å². The summed E-state index contributed by atoms with van der Waals surface area (Å²) < 4.78 is 2.08. The Morgan fingerprint density at radius 1 is 1.32 bits per heavy atom. The van der Waals surface area contributed by atoms with E-state index >= 15 is 0 Å². The van der Waals surface area contributed by atoms with Crippen LogP contribution in [0.25, 0.3) is 0 Å². The van der Waals surface area contributed by atoms with Crippen LogP contribution in [0.1, 0.15) is 30.1 Å². The maximum atomic E-state index is 12.7. The normalized spacial score (nSPS) is 16.9. The summed E-state index contributed by atoms with van der Waals surface area (Å²) in [5, 5.41) is 10.0. The number of aryl methyl sites for hydroxylation is 1. The third-order valence-electron chi connectivity index (χ3n) is 5.05. The molecule has 3 aromatic rings. The van der Waals surface area contributed by atoms with Crippen LogP contribution in [0.3, 0.4) is 0 Å². The minimum absolute atomic E-state index is 0.0346. The lowest BCUT2D eigenvalue weighted by molar-refractivity contribution is 0.170. The van der Waals surface area contributed by atoms with Crippen LogP contribution in [0, 0.1) is 12.8 Å². The average Bonchev–Trinajstić information content (AvgIpc) is 3.35. The molecule has 2 aromatic heterocycles. The number of H-pyrrole nitrogens is 1. The Balaban J connectivity index is 1.31. The number of aromatic nitrogens is 5. The van der Waals surface area contributed by atoms with Gasteiger partial charge in [0.2, 0.25) is 0 Å². The number of carbonyl (C=O) groups is 1. The lowest BCUT2D eigenvalue weighted by atomic mass is 9.98. The minimum atomic E-state index is -0.0346. The minimum Gasteiger partial charge on any atom is -0.337 e. The molecule has 4 rings (SSSR count). The first-order valence-corrected chi connectivity index (χ1v) is 9.64. The largest absolute Gasteiger partial charge is 0.337 e. The number of carbonyl (C=O) groups excluding carboxylic acids is 1. The molecule has 1 aliphatic heterocycles. The van der Waals surface area contributed by atoms with E-state index in [0.29, 0.717) is 12.3 Å². The van der Waals surface area contributed by atoms with Gasteiger partial charge in [-0.1, -0.05) is 12.1 Å². The van der Waals surface area contributed by atoms with Crippen molar-refractivity contribution in [3.63, 3.8) is 0 Å². The highest BCUT2D eigenvalue weighted by atomic mass is 16.2. The summed E-state index contributed by atoms with van der Waals surface area (Å²) in [4.78, 5) is 23.0. The summed E-state index contributed by atoms with van der Waals surface area (Å²) in [5.74, 6) is 2.04. The highest BCUT2D eigenvalue weighted by Gasteiger charge is 2.24. The molecule has 1 saturated heterocycles. The molecule has 0 bridgehead atoms. The highest BCUT2D eigenvalue weighted by molar-refractivity contribution is 5.89. The third kappa shape index (κ3) is 4.57. The predicted octanol–water partition coefficient (Wildman–Crippen LogP) is 2.84. The van der Waals surface area contributed by atoms with Gasteiger partial charge in [0, 0.05) is 44.1 Å². The van der Waals surface area contributed by atoms with Crippen LogP contribution in [0.2, 0.25) is 0 Å². The van der Waals surface area contributed by atoms with Crippen LogP contribution in [0.15, 0.2) is 43.0 Å². The van der Waals surface area contributed by atoms with Crippen molar-refractivity contribution >= 4 is 11.7 Å². The molecule has 1 unspecified atom stereocenters. The fourth-order valence-electron chi connectivity index (χ4n) is 3.65. The van der Waals surface area contributed by atoms with E-state index < -0.39 is 0 Å². The molecular formula is C20H25N7O. The van der Waals surface area contributed by atoms with E-state index in [1.54, 1.807) is 6.20 Å². The van der Waals surface area contributed by atoms with Crippen LogP contribution in [0.4, 0.5) is 10.5 Å². The van der Waals surface area contributed by atoms with Gasteiger partial charge < -0.3 is 14.8 Å². The standard InChI is InChI=1S/C20H25N7O/c1-15-22-19(25-24-15)11-16-4-6-18(7-5-16)23-20(28)27-9-2-3-17(13-27)12-26-10-8-21-14-26/h4-8,10,14,17H,2-3,9,11-13H2,1H3,(H,23,28)(H,22,24,25). The van der Waals surface area contributed by atoms with Crippen molar-refractivity contribution in [2.24, 2.45) is 5.92 Å². The van der Waals surface area contributed by atoms with Crippen molar-refractivity contribution in [1.82, 2.24) is 29.6 Å². The molecule has 0 saturated carbocycles. The van der Waals surface area contributed by atoms with Gasteiger partial charge in [-0.15, -0.1) is 0 Å². The maximum Gasteiger partial charge on any atom is 0.321 e. The van der Waals surface area contributed by atoms with Crippen LogP contribution in [0.5, 0.6) is 0 Å². The number of hydrogen-bond donors (Lipinski definition) is 2. The third-order valence-corrected chi connectivity index (χ3v) is 5.05. The Kier molecular flexibility index (Phi) is 5.36. The number of nitrogens with one attached hydrogen (secondary N) is 2. The van der Waals surface area contributed by atoms with E-state index in [-0.39, 0.29) is 6.03 Å². The Hall–Kier alpha value is -3.16. The Labute approximate surface area is 164 Å². The Morgan fingerprint density at radius 2 is 2.18 bits per heavy atom. The summed E-state index contributed by atoms with van der Waals surface area (Å²) >= 11 is 0. The van der Waals surface area contributed by atoms with E-state index in [1.807, 2.05) is 48.6 Å². The van der Waals surface area contributed by atoms with Crippen molar-refractivity contribution in [1.29, 1.82) is 0 Å². The van der Waals surface area contributed by atoms with E-state index in [0.717, 1.165) is 55.4 Å². The van der Waals surface area contributed by atoms with Crippen molar-refractivity contribution in [3.05, 3.63) is 60.2 Å². The summed E-state index contributed by atoms with van der Waals surface area (Å²) in [5.41, 5.74) is 1.91. The molecule has 28 heavy (non-hydrogen) atoms. The van der Waals surface area contributed by atoms with Crippen molar-refractivity contribution in [2.75, 3.05) is 18.4 Å². The lowest BCUT2D eigenvalue weighted by Crippen LogP contribution is -2.43.